The van der Waals surface area contributed by atoms with Crippen molar-refractivity contribution in [2.45, 2.75) is 25.1 Å². The molecule has 0 saturated carbocycles. The summed E-state index contributed by atoms with van der Waals surface area (Å²) in [5.74, 6) is 0. The van der Waals surface area contributed by atoms with Crippen LogP contribution in [0.15, 0.2) is 28.7 Å². The van der Waals surface area contributed by atoms with E-state index in [-0.39, 0.29) is 6.04 Å². The molecule has 2 rings (SSSR count). The molecule has 1 aliphatic rings. The first-order chi connectivity index (χ1) is 6.61. The molecule has 76 valence electrons. The largest absolute Gasteiger partial charge is 0.307 e. The maximum atomic E-state index is 14.1. The molecule has 2 unspecified atom stereocenters. The van der Waals surface area contributed by atoms with Gasteiger partial charge in [-0.05, 0) is 31.5 Å². The zero-order chi connectivity index (χ0) is 10.2. The highest BCUT2D eigenvalue weighted by molar-refractivity contribution is 9.10. The van der Waals surface area contributed by atoms with E-state index in [4.69, 9.17) is 0 Å². The molecule has 3 heteroatoms. The maximum absolute atomic E-state index is 14.1. The summed E-state index contributed by atoms with van der Waals surface area (Å²) in [5.41, 5.74) is -0.126. The van der Waals surface area contributed by atoms with Gasteiger partial charge in [-0.3, -0.25) is 0 Å². The fraction of sp³-hybridized carbons (Fsp3) is 0.455. The number of benzene rings is 1. The van der Waals surface area contributed by atoms with E-state index >= 15 is 0 Å². The van der Waals surface area contributed by atoms with Crippen molar-refractivity contribution < 1.29 is 4.39 Å². The van der Waals surface area contributed by atoms with Crippen molar-refractivity contribution in [1.82, 2.24) is 5.32 Å². The number of nitrogens with one attached hydrogen (secondary N) is 1. The molecule has 0 amide bonds. The van der Waals surface area contributed by atoms with Crippen LogP contribution in [-0.4, -0.2) is 12.2 Å². The Labute approximate surface area is 91.8 Å². The molecule has 0 aliphatic carbocycles. The Hall–Kier alpha value is -0.410. The zero-order valence-electron chi connectivity index (χ0n) is 8.06. The van der Waals surface area contributed by atoms with Gasteiger partial charge in [0.05, 0.1) is 6.04 Å². The first kappa shape index (κ1) is 10.1. The van der Waals surface area contributed by atoms with Crippen LogP contribution in [0.4, 0.5) is 4.39 Å². The van der Waals surface area contributed by atoms with Crippen LogP contribution in [0.3, 0.4) is 0 Å². The minimum atomic E-state index is -1.14. The molecule has 0 spiro atoms. The number of rotatable bonds is 1. The van der Waals surface area contributed by atoms with Gasteiger partial charge in [-0.15, -0.1) is 0 Å². The Kier molecular flexibility index (Phi) is 2.62. The minimum absolute atomic E-state index is 0.182. The maximum Gasteiger partial charge on any atom is 0.128 e. The van der Waals surface area contributed by atoms with Crippen LogP contribution < -0.4 is 5.32 Å². The summed E-state index contributed by atoms with van der Waals surface area (Å²) in [6, 6.07) is 7.61. The summed E-state index contributed by atoms with van der Waals surface area (Å²) < 4.78 is 15.0. The van der Waals surface area contributed by atoms with Crippen LogP contribution in [0.2, 0.25) is 0 Å². The quantitative estimate of drug-likeness (QED) is 0.815. The normalized spacial score (nSPS) is 32.1. The number of hydrogen-bond donors (Lipinski definition) is 1. The smallest absolute Gasteiger partial charge is 0.128 e. The van der Waals surface area contributed by atoms with E-state index in [2.05, 4.69) is 21.2 Å². The van der Waals surface area contributed by atoms with Crippen LogP contribution in [0.25, 0.3) is 0 Å². The Morgan fingerprint density at radius 3 is 2.79 bits per heavy atom. The third-order valence-electron chi connectivity index (χ3n) is 2.78. The zero-order valence-corrected chi connectivity index (χ0v) is 9.64. The third kappa shape index (κ3) is 1.71. The molecule has 2 atom stereocenters. The van der Waals surface area contributed by atoms with Gasteiger partial charge >= 0.3 is 0 Å². The van der Waals surface area contributed by atoms with Crippen LogP contribution in [0.1, 0.15) is 24.9 Å². The van der Waals surface area contributed by atoms with Gasteiger partial charge in [0.15, 0.2) is 0 Å². The molecule has 1 heterocycles. The molecule has 1 aromatic rings. The van der Waals surface area contributed by atoms with Crippen molar-refractivity contribution >= 4 is 15.9 Å². The molecule has 1 saturated heterocycles. The van der Waals surface area contributed by atoms with E-state index in [1.54, 1.807) is 6.92 Å². The molecule has 1 nitrogen and oxygen atoms in total. The van der Waals surface area contributed by atoms with Crippen molar-refractivity contribution in [2.75, 3.05) is 6.54 Å². The lowest BCUT2D eigenvalue weighted by Crippen LogP contribution is -2.28. The van der Waals surface area contributed by atoms with Gasteiger partial charge in [0.2, 0.25) is 0 Å². The van der Waals surface area contributed by atoms with E-state index in [0.29, 0.717) is 6.42 Å². The summed E-state index contributed by atoms with van der Waals surface area (Å²) in [6.45, 7) is 2.41. The predicted molar refractivity (Wildman–Crippen MR) is 59.0 cm³/mol. The highest BCUT2D eigenvalue weighted by atomic mass is 79.9. The van der Waals surface area contributed by atoms with Gasteiger partial charge in [0.1, 0.15) is 5.67 Å². The molecule has 1 aromatic carbocycles. The van der Waals surface area contributed by atoms with Gasteiger partial charge in [0, 0.05) is 4.47 Å². The lowest BCUT2D eigenvalue weighted by atomic mass is 9.93. The SMILES string of the molecule is CC1(F)CCNC1c1ccccc1Br. The van der Waals surface area contributed by atoms with Gasteiger partial charge in [-0.1, -0.05) is 34.1 Å². The highest BCUT2D eigenvalue weighted by Gasteiger charge is 2.40. The molecule has 0 bridgehead atoms. The second-order valence-corrected chi connectivity index (χ2v) is 4.79. The van der Waals surface area contributed by atoms with Crippen molar-refractivity contribution in [1.29, 1.82) is 0 Å². The number of hydrogen-bond acceptors (Lipinski definition) is 1. The van der Waals surface area contributed by atoms with Crippen LogP contribution in [0, 0.1) is 0 Å². The Morgan fingerprint density at radius 1 is 1.50 bits per heavy atom. The monoisotopic (exact) mass is 257 g/mol. The average molecular weight is 258 g/mol. The summed E-state index contributed by atoms with van der Waals surface area (Å²) in [5, 5.41) is 3.20. The Morgan fingerprint density at radius 2 is 2.21 bits per heavy atom. The average Bonchev–Trinajstić information content (AvgIpc) is 2.46. The number of halogens is 2. The van der Waals surface area contributed by atoms with E-state index in [1.165, 1.54) is 0 Å². The second-order valence-electron chi connectivity index (χ2n) is 3.94. The van der Waals surface area contributed by atoms with Crippen molar-refractivity contribution in [3.63, 3.8) is 0 Å². The van der Waals surface area contributed by atoms with Crippen molar-refractivity contribution in [3.05, 3.63) is 34.3 Å². The summed E-state index contributed by atoms with van der Waals surface area (Å²) >= 11 is 3.45. The van der Waals surface area contributed by atoms with Gasteiger partial charge in [-0.2, -0.15) is 0 Å². The molecule has 1 aliphatic heterocycles. The second kappa shape index (κ2) is 3.63. The van der Waals surface area contributed by atoms with E-state index in [0.717, 1.165) is 16.6 Å². The van der Waals surface area contributed by atoms with Gasteiger partial charge in [0.25, 0.3) is 0 Å². The lowest BCUT2D eigenvalue weighted by Gasteiger charge is -2.23. The third-order valence-corrected chi connectivity index (χ3v) is 3.50. The van der Waals surface area contributed by atoms with Crippen LogP contribution in [-0.2, 0) is 0 Å². The first-order valence-electron chi connectivity index (χ1n) is 4.78. The van der Waals surface area contributed by atoms with Crippen LogP contribution in [0.5, 0.6) is 0 Å². The molecule has 0 aromatic heterocycles. The van der Waals surface area contributed by atoms with Gasteiger partial charge < -0.3 is 5.32 Å². The molecular weight excluding hydrogens is 245 g/mol. The van der Waals surface area contributed by atoms with Crippen molar-refractivity contribution in [2.24, 2.45) is 0 Å². The number of alkyl halides is 1. The molecule has 14 heavy (non-hydrogen) atoms. The van der Waals surface area contributed by atoms with E-state index < -0.39 is 5.67 Å². The topological polar surface area (TPSA) is 12.0 Å². The Bertz CT molecular complexity index is 338. The van der Waals surface area contributed by atoms with Gasteiger partial charge in [-0.25, -0.2) is 4.39 Å². The standard InChI is InChI=1S/C11H13BrFN/c1-11(13)6-7-14-10(11)8-4-2-3-5-9(8)12/h2-5,10,14H,6-7H2,1H3. The van der Waals surface area contributed by atoms with Crippen LogP contribution >= 0.6 is 15.9 Å². The highest BCUT2D eigenvalue weighted by Crippen LogP contribution is 2.39. The van der Waals surface area contributed by atoms with Crippen molar-refractivity contribution in [3.8, 4) is 0 Å². The fourth-order valence-electron chi connectivity index (χ4n) is 1.96. The molecule has 1 N–H and O–H groups in total. The minimum Gasteiger partial charge on any atom is -0.307 e. The molecule has 1 fully saturated rings. The summed E-state index contributed by atoms with van der Waals surface area (Å²) in [7, 11) is 0. The van der Waals surface area contributed by atoms with E-state index in [9.17, 15) is 4.39 Å². The summed E-state index contributed by atoms with van der Waals surface area (Å²) in [6.07, 6.45) is 0.582. The summed E-state index contributed by atoms with van der Waals surface area (Å²) in [4.78, 5) is 0. The fourth-order valence-corrected chi connectivity index (χ4v) is 2.48. The first-order valence-corrected chi connectivity index (χ1v) is 5.57. The molecular formula is C11H13BrFN. The predicted octanol–water partition coefficient (Wildman–Crippen LogP) is 3.21. The molecule has 0 radical (unpaired) electrons. The Balaban J connectivity index is 2.36. The van der Waals surface area contributed by atoms with E-state index in [1.807, 2.05) is 24.3 Å². The lowest BCUT2D eigenvalue weighted by molar-refractivity contribution is 0.168.